The first-order valence-corrected chi connectivity index (χ1v) is 6.69. The van der Waals surface area contributed by atoms with Crippen LogP contribution in [0.15, 0.2) is 18.2 Å². The molecule has 20 heavy (non-hydrogen) atoms. The lowest BCUT2D eigenvalue weighted by molar-refractivity contribution is 0.0698. The lowest BCUT2D eigenvalue weighted by Crippen LogP contribution is -2.08. The third-order valence-corrected chi connectivity index (χ3v) is 3.40. The number of carboxylic acids is 1. The fraction of sp³-hybridized carbons (Fsp3) is 0.333. The normalized spacial score (nSPS) is 10.8. The predicted octanol–water partition coefficient (Wildman–Crippen LogP) is 2.59. The fourth-order valence-corrected chi connectivity index (χ4v) is 2.20. The van der Waals surface area contributed by atoms with Gasteiger partial charge in [-0.1, -0.05) is 13.8 Å². The van der Waals surface area contributed by atoms with Crippen LogP contribution in [-0.4, -0.2) is 20.9 Å². The summed E-state index contributed by atoms with van der Waals surface area (Å²) < 4.78 is 1.80. The Bertz CT molecular complexity index is 659. The molecule has 0 amide bonds. The summed E-state index contributed by atoms with van der Waals surface area (Å²) in [5, 5.41) is 13.8. The third-order valence-electron chi connectivity index (χ3n) is 3.40. The highest BCUT2D eigenvalue weighted by Gasteiger charge is 2.15. The van der Waals surface area contributed by atoms with E-state index in [2.05, 4.69) is 12.0 Å². The second kappa shape index (κ2) is 5.36. The number of aryl methyl sites for hydroxylation is 3. The number of hydrogen-bond acceptors (Lipinski definition) is 3. The summed E-state index contributed by atoms with van der Waals surface area (Å²) in [5.41, 5.74) is 9.79. The van der Waals surface area contributed by atoms with E-state index in [0.717, 1.165) is 35.5 Å². The molecule has 0 aliphatic carbocycles. The Morgan fingerprint density at radius 3 is 2.55 bits per heavy atom. The minimum absolute atomic E-state index is 0.121. The van der Waals surface area contributed by atoms with Crippen molar-refractivity contribution in [2.75, 3.05) is 5.73 Å². The molecule has 1 heterocycles. The molecule has 3 N–H and O–H groups in total. The van der Waals surface area contributed by atoms with E-state index in [4.69, 9.17) is 5.73 Å². The van der Waals surface area contributed by atoms with Crippen molar-refractivity contribution >= 4 is 11.7 Å². The van der Waals surface area contributed by atoms with Crippen LogP contribution in [0.5, 0.6) is 0 Å². The molecule has 5 heteroatoms. The second-order valence-corrected chi connectivity index (χ2v) is 4.77. The standard InChI is InChI=1S/C15H19N3O2/c1-4-10-7-11(5-2)18(17-10)12-6-9(3)14(16)13(8-12)15(19)20/h6-8H,4-5,16H2,1-3H3,(H,19,20). The third kappa shape index (κ3) is 2.39. The molecule has 0 unspecified atom stereocenters. The first-order chi connectivity index (χ1) is 9.47. The minimum Gasteiger partial charge on any atom is -0.478 e. The number of nitrogens with two attached hydrogens (primary N) is 1. The summed E-state index contributed by atoms with van der Waals surface area (Å²) in [6, 6.07) is 5.50. The van der Waals surface area contributed by atoms with Gasteiger partial charge in [-0.05, 0) is 43.5 Å². The molecule has 0 aliphatic rings. The topological polar surface area (TPSA) is 81.1 Å². The number of benzene rings is 1. The molecule has 2 aromatic rings. The van der Waals surface area contributed by atoms with Gasteiger partial charge in [-0.15, -0.1) is 0 Å². The molecular formula is C15H19N3O2. The van der Waals surface area contributed by atoms with E-state index in [0.29, 0.717) is 5.69 Å². The van der Waals surface area contributed by atoms with E-state index in [1.165, 1.54) is 0 Å². The first-order valence-electron chi connectivity index (χ1n) is 6.69. The smallest absolute Gasteiger partial charge is 0.337 e. The van der Waals surface area contributed by atoms with Crippen LogP contribution in [-0.2, 0) is 12.8 Å². The summed E-state index contributed by atoms with van der Waals surface area (Å²) in [7, 11) is 0. The van der Waals surface area contributed by atoms with Gasteiger partial charge in [0.25, 0.3) is 0 Å². The van der Waals surface area contributed by atoms with Crippen molar-refractivity contribution < 1.29 is 9.90 Å². The molecule has 0 saturated carbocycles. The average Bonchev–Trinajstić information content (AvgIpc) is 2.84. The van der Waals surface area contributed by atoms with Gasteiger partial charge in [-0.2, -0.15) is 5.10 Å². The number of aromatic carboxylic acids is 1. The highest BCUT2D eigenvalue weighted by atomic mass is 16.4. The number of carboxylic acid groups (broad SMARTS) is 1. The van der Waals surface area contributed by atoms with Gasteiger partial charge in [0.2, 0.25) is 0 Å². The Morgan fingerprint density at radius 2 is 2.00 bits per heavy atom. The van der Waals surface area contributed by atoms with E-state index in [9.17, 15) is 9.90 Å². The van der Waals surface area contributed by atoms with Gasteiger partial charge in [-0.3, -0.25) is 0 Å². The van der Waals surface area contributed by atoms with Crippen LogP contribution in [0.3, 0.4) is 0 Å². The van der Waals surface area contributed by atoms with Gasteiger partial charge in [0.1, 0.15) is 0 Å². The monoisotopic (exact) mass is 273 g/mol. The largest absolute Gasteiger partial charge is 0.478 e. The van der Waals surface area contributed by atoms with Crippen LogP contribution in [0.25, 0.3) is 5.69 Å². The Labute approximate surface area is 118 Å². The number of anilines is 1. The minimum atomic E-state index is -1.02. The van der Waals surface area contributed by atoms with E-state index in [1.54, 1.807) is 17.7 Å². The van der Waals surface area contributed by atoms with Crippen LogP contribution in [0.4, 0.5) is 5.69 Å². The summed E-state index contributed by atoms with van der Waals surface area (Å²) in [4.78, 5) is 11.3. The van der Waals surface area contributed by atoms with Crippen molar-refractivity contribution in [1.82, 2.24) is 9.78 Å². The van der Waals surface area contributed by atoms with Gasteiger partial charge in [0, 0.05) is 11.4 Å². The molecule has 0 fully saturated rings. The lowest BCUT2D eigenvalue weighted by atomic mass is 10.1. The van der Waals surface area contributed by atoms with Crippen LogP contribution in [0.1, 0.15) is 41.2 Å². The number of nitrogen functional groups attached to an aromatic ring is 1. The maximum absolute atomic E-state index is 11.3. The van der Waals surface area contributed by atoms with Gasteiger partial charge in [0.05, 0.1) is 16.9 Å². The van der Waals surface area contributed by atoms with Crippen molar-refractivity contribution in [1.29, 1.82) is 0 Å². The van der Waals surface area contributed by atoms with E-state index < -0.39 is 5.97 Å². The zero-order valence-electron chi connectivity index (χ0n) is 12.0. The van der Waals surface area contributed by atoms with E-state index in [-0.39, 0.29) is 5.56 Å². The quantitative estimate of drug-likeness (QED) is 0.839. The molecule has 5 nitrogen and oxygen atoms in total. The zero-order valence-corrected chi connectivity index (χ0v) is 12.0. The van der Waals surface area contributed by atoms with Crippen LogP contribution >= 0.6 is 0 Å². The summed E-state index contributed by atoms with van der Waals surface area (Å²) in [5.74, 6) is -1.02. The maximum Gasteiger partial charge on any atom is 0.337 e. The molecule has 0 spiro atoms. The summed E-state index contributed by atoms with van der Waals surface area (Å²) in [6.45, 7) is 5.90. The molecule has 0 atom stereocenters. The number of aromatic nitrogens is 2. The molecular weight excluding hydrogens is 254 g/mol. The summed E-state index contributed by atoms with van der Waals surface area (Å²) >= 11 is 0. The van der Waals surface area contributed by atoms with Crippen molar-refractivity contribution in [2.24, 2.45) is 0 Å². The number of rotatable bonds is 4. The molecule has 1 aromatic carbocycles. The average molecular weight is 273 g/mol. The Balaban J connectivity index is 2.63. The maximum atomic E-state index is 11.3. The van der Waals surface area contributed by atoms with Crippen molar-refractivity contribution in [2.45, 2.75) is 33.6 Å². The lowest BCUT2D eigenvalue weighted by Gasteiger charge is -2.11. The van der Waals surface area contributed by atoms with Crippen molar-refractivity contribution in [3.8, 4) is 5.69 Å². The van der Waals surface area contributed by atoms with Gasteiger partial charge in [-0.25, -0.2) is 9.48 Å². The van der Waals surface area contributed by atoms with E-state index in [1.807, 2.05) is 19.1 Å². The SMILES string of the molecule is CCc1cc(CC)n(-c2cc(C)c(N)c(C(=O)O)c2)n1. The predicted molar refractivity (Wildman–Crippen MR) is 78.4 cm³/mol. The highest BCUT2D eigenvalue weighted by molar-refractivity contribution is 5.95. The number of carbonyl (C=O) groups is 1. The van der Waals surface area contributed by atoms with Crippen molar-refractivity contribution in [3.63, 3.8) is 0 Å². The Hall–Kier alpha value is -2.30. The number of hydrogen-bond donors (Lipinski definition) is 2. The van der Waals surface area contributed by atoms with Crippen molar-refractivity contribution in [3.05, 3.63) is 40.7 Å². The summed E-state index contributed by atoms with van der Waals surface area (Å²) in [6.07, 6.45) is 1.68. The Morgan fingerprint density at radius 1 is 1.30 bits per heavy atom. The molecule has 0 bridgehead atoms. The molecule has 0 aliphatic heterocycles. The molecule has 106 valence electrons. The van der Waals surface area contributed by atoms with Gasteiger partial charge >= 0.3 is 5.97 Å². The molecule has 2 rings (SSSR count). The van der Waals surface area contributed by atoms with E-state index >= 15 is 0 Å². The molecule has 1 aromatic heterocycles. The van der Waals surface area contributed by atoms with Crippen LogP contribution < -0.4 is 5.73 Å². The van der Waals surface area contributed by atoms with Crippen LogP contribution in [0.2, 0.25) is 0 Å². The van der Waals surface area contributed by atoms with Gasteiger partial charge in [0.15, 0.2) is 0 Å². The molecule has 0 saturated heterocycles. The van der Waals surface area contributed by atoms with Crippen LogP contribution in [0, 0.1) is 6.92 Å². The number of nitrogens with zero attached hydrogens (tertiary/aromatic N) is 2. The first kappa shape index (κ1) is 14.1. The fourth-order valence-electron chi connectivity index (χ4n) is 2.20. The van der Waals surface area contributed by atoms with Gasteiger partial charge < -0.3 is 10.8 Å². The highest BCUT2D eigenvalue weighted by Crippen LogP contribution is 2.23. The second-order valence-electron chi connectivity index (χ2n) is 4.77. The Kier molecular flexibility index (Phi) is 3.79. The zero-order chi connectivity index (χ0) is 14.9. The molecule has 0 radical (unpaired) electrons.